The van der Waals surface area contributed by atoms with Gasteiger partial charge in [-0.1, -0.05) is 11.6 Å². The zero-order valence-electron chi connectivity index (χ0n) is 7.46. The van der Waals surface area contributed by atoms with Gasteiger partial charge in [0.1, 0.15) is 0 Å². The molecule has 76 valence electrons. The molecule has 0 aliphatic carbocycles. The maximum absolute atomic E-state index is 10.7. The van der Waals surface area contributed by atoms with Crippen LogP contribution in [0, 0.1) is 0 Å². The summed E-state index contributed by atoms with van der Waals surface area (Å²) in [5, 5.41) is 13.2. The van der Waals surface area contributed by atoms with Crippen molar-refractivity contribution < 1.29 is 9.90 Å². The minimum atomic E-state index is -1.00. The normalized spacial score (nSPS) is 10.2. The summed E-state index contributed by atoms with van der Waals surface area (Å²) in [6.07, 6.45) is 4.42. The highest BCUT2D eigenvalue weighted by atomic mass is 35.5. The lowest BCUT2D eigenvalue weighted by molar-refractivity contribution is 0.0696. The third kappa shape index (κ3) is 1.97. The molecule has 2 rings (SSSR count). The average molecular weight is 224 g/mol. The first-order chi connectivity index (χ1) is 7.16. The molecule has 1 N–H and O–H groups in total. The number of pyridine rings is 1. The fraction of sp³-hybridized carbons (Fsp3) is 0. The Hall–Kier alpha value is -1.88. The zero-order valence-corrected chi connectivity index (χ0v) is 8.22. The van der Waals surface area contributed by atoms with Gasteiger partial charge >= 0.3 is 5.97 Å². The van der Waals surface area contributed by atoms with E-state index in [0.717, 1.165) is 0 Å². The zero-order chi connectivity index (χ0) is 10.8. The molecule has 0 atom stereocenters. The molecular formula is C9H6ClN3O2. The van der Waals surface area contributed by atoms with Crippen LogP contribution < -0.4 is 0 Å². The molecule has 5 nitrogen and oxygen atoms in total. The van der Waals surface area contributed by atoms with Crippen molar-refractivity contribution in [2.75, 3.05) is 0 Å². The van der Waals surface area contributed by atoms with Gasteiger partial charge in [-0.2, -0.15) is 5.10 Å². The monoisotopic (exact) mass is 223 g/mol. The third-order valence-corrected chi connectivity index (χ3v) is 1.97. The Morgan fingerprint density at radius 2 is 2.33 bits per heavy atom. The Balaban J connectivity index is 2.45. The number of hydrogen-bond donors (Lipinski definition) is 1. The van der Waals surface area contributed by atoms with Crippen LogP contribution >= 0.6 is 11.6 Å². The molecule has 0 unspecified atom stereocenters. The van der Waals surface area contributed by atoms with Gasteiger partial charge in [0.2, 0.25) is 0 Å². The highest BCUT2D eigenvalue weighted by Crippen LogP contribution is 2.10. The molecule has 0 bridgehead atoms. The first kappa shape index (κ1) is 9.67. The summed E-state index contributed by atoms with van der Waals surface area (Å²) in [5.74, 6) is -0.585. The molecule has 0 saturated heterocycles. The van der Waals surface area contributed by atoms with Crippen molar-refractivity contribution in [1.29, 1.82) is 0 Å². The molecule has 0 spiro atoms. The lowest BCUT2D eigenvalue weighted by atomic mass is 10.3. The van der Waals surface area contributed by atoms with E-state index in [4.69, 9.17) is 16.7 Å². The Labute approximate surface area is 89.9 Å². The van der Waals surface area contributed by atoms with Crippen LogP contribution in [0.1, 0.15) is 10.4 Å². The van der Waals surface area contributed by atoms with Gasteiger partial charge in [0, 0.05) is 6.20 Å². The molecule has 15 heavy (non-hydrogen) atoms. The van der Waals surface area contributed by atoms with Crippen molar-refractivity contribution in [3.63, 3.8) is 0 Å². The molecule has 0 aliphatic heterocycles. The van der Waals surface area contributed by atoms with Crippen molar-refractivity contribution in [3.8, 4) is 5.82 Å². The Bertz CT molecular complexity index is 510. The summed E-state index contributed by atoms with van der Waals surface area (Å²) in [5.41, 5.74) is 0.159. The quantitative estimate of drug-likeness (QED) is 0.840. The largest absolute Gasteiger partial charge is 0.478 e. The van der Waals surface area contributed by atoms with Crippen LogP contribution in [-0.2, 0) is 0 Å². The number of aromatic carboxylic acids is 1. The third-order valence-electron chi connectivity index (χ3n) is 1.78. The minimum absolute atomic E-state index is 0.159. The SMILES string of the molecule is O=C(O)c1ccnc(-n2cc(Cl)cn2)c1. The molecule has 2 heterocycles. The van der Waals surface area contributed by atoms with Gasteiger partial charge in [0.05, 0.1) is 23.0 Å². The van der Waals surface area contributed by atoms with Crippen LogP contribution in [-0.4, -0.2) is 25.8 Å². The summed E-state index contributed by atoms with van der Waals surface area (Å²) in [7, 11) is 0. The number of hydrogen-bond acceptors (Lipinski definition) is 3. The van der Waals surface area contributed by atoms with Gasteiger partial charge in [-0.05, 0) is 12.1 Å². The lowest BCUT2D eigenvalue weighted by Gasteiger charge is -2.00. The standard InChI is InChI=1S/C9H6ClN3O2/c10-7-4-12-13(5-7)8-3-6(9(14)15)1-2-11-8/h1-5H,(H,14,15). The van der Waals surface area contributed by atoms with E-state index in [9.17, 15) is 4.79 Å². The molecule has 0 radical (unpaired) electrons. The minimum Gasteiger partial charge on any atom is -0.478 e. The molecule has 0 aliphatic rings. The maximum atomic E-state index is 10.7. The van der Waals surface area contributed by atoms with Crippen molar-refractivity contribution in [2.45, 2.75) is 0 Å². The summed E-state index contributed by atoms with van der Waals surface area (Å²) in [4.78, 5) is 14.7. The highest BCUT2D eigenvalue weighted by molar-refractivity contribution is 6.30. The second kappa shape index (κ2) is 3.70. The predicted octanol–water partition coefficient (Wildman–Crippen LogP) is 1.62. The van der Waals surface area contributed by atoms with Crippen molar-refractivity contribution in [1.82, 2.24) is 14.8 Å². The van der Waals surface area contributed by atoms with E-state index in [2.05, 4.69) is 10.1 Å². The van der Waals surface area contributed by atoms with Crippen LogP contribution in [0.2, 0.25) is 5.02 Å². The topological polar surface area (TPSA) is 68.0 Å². The van der Waals surface area contributed by atoms with E-state index in [1.807, 2.05) is 0 Å². The Morgan fingerprint density at radius 1 is 1.53 bits per heavy atom. The van der Waals surface area contributed by atoms with E-state index < -0.39 is 5.97 Å². The number of carbonyl (C=O) groups is 1. The molecule has 0 amide bonds. The van der Waals surface area contributed by atoms with E-state index in [-0.39, 0.29) is 5.56 Å². The second-order valence-electron chi connectivity index (χ2n) is 2.81. The smallest absolute Gasteiger partial charge is 0.335 e. The number of carboxylic acids is 1. The van der Waals surface area contributed by atoms with Crippen molar-refractivity contribution >= 4 is 17.6 Å². The van der Waals surface area contributed by atoms with Crippen molar-refractivity contribution in [2.24, 2.45) is 0 Å². The van der Waals surface area contributed by atoms with Gasteiger partial charge in [-0.15, -0.1) is 0 Å². The van der Waals surface area contributed by atoms with Gasteiger partial charge in [-0.25, -0.2) is 14.5 Å². The summed E-state index contributed by atoms with van der Waals surface area (Å²) in [6.45, 7) is 0. The molecular weight excluding hydrogens is 218 g/mol. The molecule has 6 heteroatoms. The first-order valence-corrected chi connectivity index (χ1v) is 4.44. The predicted molar refractivity (Wildman–Crippen MR) is 53.3 cm³/mol. The Morgan fingerprint density at radius 3 is 2.93 bits per heavy atom. The molecule has 2 aromatic heterocycles. The van der Waals surface area contributed by atoms with Crippen LogP contribution in [0.25, 0.3) is 5.82 Å². The van der Waals surface area contributed by atoms with E-state index in [0.29, 0.717) is 10.8 Å². The molecule has 2 aromatic rings. The van der Waals surface area contributed by atoms with Crippen LogP contribution in [0.5, 0.6) is 0 Å². The number of aromatic nitrogens is 3. The molecule has 0 saturated carbocycles. The fourth-order valence-electron chi connectivity index (χ4n) is 1.10. The van der Waals surface area contributed by atoms with Gasteiger partial charge in [0.15, 0.2) is 5.82 Å². The summed E-state index contributed by atoms with van der Waals surface area (Å²) >= 11 is 5.69. The van der Waals surface area contributed by atoms with Crippen LogP contribution in [0.3, 0.4) is 0 Å². The highest BCUT2D eigenvalue weighted by Gasteiger charge is 2.06. The second-order valence-corrected chi connectivity index (χ2v) is 3.25. The first-order valence-electron chi connectivity index (χ1n) is 4.07. The Kier molecular flexibility index (Phi) is 2.39. The van der Waals surface area contributed by atoms with Crippen LogP contribution in [0.15, 0.2) is 30.7 Å². The average Bonchev–Trinajstić information content (AvgIpc) is 2.65. The van der Waals surface area contributed by atoms with Gasteiger partial charge in [-0.3, -0.25) is 0 Å². The van der Waals surface area contributed by atoms with E-state index in [1.165, 1.54) is 29.2 Å². The van der Waals surface area contributed by atoms with Crippen LogP contribution in [0.4, 0.5) is 0 Å². The number of carboxylic acid groups (broad SMARTS) is 1. The number of nitrogens with zero attached hydrogens (tertiary/aromatic N) is 3. The molecule has 0 aromatic carbocycles. The fourth-order valence-corrected chi connectivity index (χ4v) is 1.24. The molecule has 0 fully saturated rings. The van der Waals surface area contributed by atoms with E-state index in [1.54, 1.807) is 6.20 Å². The van der Waals surface area contributed by atoms with Gasteiger partial charge < -0.3 is 5.11 Å². The summed E-state index contributed by atoms with van der Waals surface area (Å²) < 4.78 is 1.41. The lowest BCUT2D eigenvalue weighted by Crippen LogP contribution is -2.02. The van der Waals surface area contributed by atoms with Crippen molar-refractivity contribution in [3.05, 3.63) is 41.3 Å². The number of halogens is 1. The summed E-state index contributed by atoms with van der Waals surface area (Å²) in [6, 6.07) is 2.84. The van der Waals surface area contributed by atoms with Gasteiger partial charge in [0.25, 0.3) is 0 Å². The van der Waals surface area contributed by atoms with E-state index >= 15 is 0 Å². The number of rotatable bonds is 2. The maximum Gasteiger partial charge on any atom is 0.335 e.